The molecule has 1 saturated carbocycles. The summed E-state index contributed by atoms with van der Waals surface area (Å²) < 4.78 is 0. The number of benzene rings is 3. The van der Waals surface area contributed by atoms with Crippen LogP contribution in [-0.4, -0.2) is 6.16 Å². The predicted molar refractivity (Wildman–Crippen MR) is 116 cm³/mol. The molecular formula is C25H26P+. The Morgan fingerprint density at radius 2 is 1.12 bits per heavy atom. The third kappa shape index (κ3) is 3.39. The molecule has 0 atom stereocenters. The highest BCUT2D eigenvalue weighted by molar-refractivity contribution is 7.95. The van der Waals surface area contributed by atoms with Crippen molar-refractivity contribution in [3.63, 3.8) is 0 Å². The molecule has 0 saturated heterocycles. The van der Waals surface area contributed by atoms with E-state index in [9.17, 15) is 0 Å². The maximum absolute atomic E-state index is 2.54. The van der Waals surface area contributed by atoms with E-state index in [2.05, 4.69) is 104 Å². The van der Waals surface area contributed by atoms with E-state index in [1.807, 2.05) is 0 Å². The lowest BCUT2D eigenvalue weighted by molar-refractivity contribution is 1.00. The molecular weight excluding hydrogens is 331 g/mol. The molecule has 3 aromatic carbocycles. The number of hydrogen-bond donors (Lipinski definition) is 0. The van der Waals surface area contributed by atoms with Crippen molar-refractivity contribution in [1.82, 2.24) is 0 Å². The van der Waals surface area contributed by atoms with Crippen LogP contribution >= 0.6 is 7.26 Å². The summed E-state index contributed by atoms with van der Waals surface area (Å²) in [5.74, 6) is 0.833. The Kier molecular flexibility index (Phi) is 5.05. The van der Waals surface area contributed by atoms with Crippen LogP contribution in [0.3, 0.4) is 0 Å². The van der Waals surface area contributed by atoms with Crippen LogP contribution in [0.5, 0.6) is 0 Å². The van der Waals surface area contributed by atoms with Crippen LogP contribution in [-0.2, 0) is 0 Å². The van der Waals surface area contributed by atoms with Crippen LogP contribution < -0.4 is 15.9 Å². The second-order valence-electron chi connectivity index (χ2n) is 7.22. The second-order valence-corrected chi connectivity index (χ2v) is 10.8. The normalized spacial score (nSPS) is 15.0. The summed E-state index contributed by atoms with van der Waals surface area (Å²) in [5.41, 5.74) is 1.58. The average molecular weight is 357 g/mol. The van der Waals surface area contributed by atoms with Crippen LogP contribution in [0.1, 0.15) is 19.8 Å². The van der Waals surface area contributed by atoms with E-state index >= 15 is 0 Å². The Morgan fingerprint density at radius 1 is 0.731 bits per heavy atom. The van der Waals surface area contributed by atoms with Crippen molar-refractivity contribution in [2.75, 3.05) is 6.16 Å². The van der Waals surface area contributed by atoms with Gasteiger partial charge in [-0.3, -0.25) is 0 Å². The maximum Gasteiger partial charge on any atom is 0.115 e. The van der Waals surface area contributed by atoms with Crippen LogP contribution in [0, 0.1) is 5.92 Å². The summed E-state index contributed by atoms with van der Waals surface area (Å²) in [5, 5.41) is 4.41. The van der Waals surface area contributed by atoms with E-state index in [0.717, 1.165) is 12.1 Å². The van der Waals surface area contributed by atoms with Gasteiger partial charge in [0.05, 0.1) is 6.16 Å². The van der Waals surface area contributed by atoms with Crippen molar-refractivity contribution in [3.8, 4) is 0 Å². The third-order valence-corrected chi connectivity index (χ3v) is 9.77. The number of rotatable bonds is 6. The van der Waals surface area contributed by atoms with Crippen LogP contribution in [0.15, 0.2) is 103 Å². The molecule has 0 amide bonds. The minimum absolute atomic E-state index is 0.833. The molecule has 3 aromatic rings. The van der Waals surface area contributed by atoms with Gasteiger partial charge in [0, 0.05) is 0 Å². The number of hydrogen-bond acceptors (Lipinski definition) is 0. The summed E-state index contributed by atoms with van der Waals surface area (Å²) >= 11 is 0. The Balaban J connectivity index is 1.92. The van der Waals surface area contributed by atoms with Gasteiger partial charge in [-0.2, -0.15) is 0 Å². The van der Waals surface area contributed by atoms with Gasteiger partial charge in [-0.05, 0) is 68.2 Å². The molecule has 1 aliphatic rings. The molecule has 1 heteroatoms. The van der Waals surface area contributed by atoms with Crippen LogP contribution in [0.25, 0.3) is 0 Å². The van der Waals surface area contributed by atoms with E-state index in [-0.39, 0.29) is 0 Å². The fourth-order valence-electron chi connectivity index (χ4n) is 3.80. The monoisotopic (exact) mass is 357 g/mol. The van der Waals surface area contributed by atoms with Gasteiger partial charge in [0.2, 0.25) is 0 Å². The maximum atomic E-state index is 2.54. The van der Waals surface area contributed by atoms with Gasteiger partial charge < -0.3 is 0 Å². The highest BCUT2D eigenvalue weighted by Crippen LogP contribution is 2.55. The smallest absolute Gasteiger partial charge is 0.0706 e. The van der Waals surface area contributed by atoms with Gasteiger partial charge in [0.25, 0.3) is 0 Å². The second kappa shape index (κ2) is 7.60. The van der Waals surface area contributed by atoms with E-state index in [1.54, 1.807) is 5.57 Å². The zero-order valence-electron chi connectivity index (χ0n) is 15.4. The van der Waals surface area contributed by atoms with E-state index < -0.39 is 7.26 Å². The summed E-state index contributed by atoms with van der Waals surface area (Å²) in [4.78, 5) is 0. The summed E-state index contributed by atoms with van der Waals surface area (Å²) in [7, 11) is -1.70. The zero-order chi connectivity index (χ0) is 17.8. The van der Waals surface area contributed by atoms with Crippen molar-refractivity contribution in [2.24, 2.45) is 5.92 Å². The zero-order valence-corrected chi connectivity index (χ0v) is 16.3. The van der Waals surface area contributed by atoms with Gasteiger partial charge in [-0.15, -0.1) is 0 Å². The molecule has 1 fully saturated rings. The highest BCUT2D eigenvalue weighted by Gasteiger charge is 2.44. The Morgan fingerprint density at radius 3 is 1.46 bits per heavy atom. The molecule has 0 aromatic heterocycles. The summed E-state index contributed by atoms with van der Waals surface area (Å²) in [6.45, 7) is 2.33. The molecule has 0 radical (unpaired) electrons. The molecule has 0 N–H and O–H groups in total. The lowest BCUT2D eigenvalue weighted by Gasteiger charge is -2.27. The molecule has 0 bridgehead atoms. The van der Waals surface area contributed by atoms with Crippen molar-refractivity contribution in [2.45, 2.75) is 19.8 Å². The Labute approximate surface area is 157 Å². The van der Waals surface area contributed by atoms with Crippen molar-refractivity contribution >= 4 is 23.2 Å². The first-order chi connectivity index (χ1) is 12.8. The van der Waals surface area contributed by atoms with E-state index in [0.29, 0.717) is 0 Å². The predicted octanol–water partition coefficient (Wildman–Crippen LogP) is 5.34. The average Bonchev–Trinajstić information content (AvgIpc) is 3.56. The van der Waals surface area contributed by atoms with Gasteiger partial charge in [0.1, 0.15) is 23.2 Å². The first-order valence-corrected chi connectivity index (χ1v) is 11.5. The lowest BCUT2D eigenvalue weighted by Crippen LogP contribution is -2.33. The molecule has 130 valence electrons. The minimum Gasteiger partial charge on any atom is -0.0706 e. The van der Waals surface area contributed by atoms with Crippen molar-refractivity contribution < 1.29 is 0 Å². The minimum atomic E-state index is -1.70. The molecule has 0 spiro atoms. The largest absolute Gasteiger partial charge is 0.115 e. The molecule has 26 heavy (non-hydrogen) atoms. The van der Waals surface area contributed by atoms with Crippen molar-refractivity contribution in [3.05, 3.63) is 103 Å². The molecule has 0 nitrogen and oxygen atoms in total. The van der Waals surface area contributed by atoms with E-state index in [1.165, 1.54) is 28.8 Å². The molecule has 1 aliphatic carbocycles. The standard InChI is InChI=1S/C25H26P/c1-21(22-17-18-22)19-20-26(23-11-5-2-6-12-23,24-13-7-3-8-14-24)25-15-9-4-10-16-25/h2-16,19,22H,17-18,20H2,1H3/q+1/b21-19-. The quantitative estimate of drug-likeness (QED) is 0.413. The fraction of sp³-hybridized carbons (Fsp3) is 0.200. The van der Waals surface area contributed by atoms with Gasteiger partial charge in [-0.1, -0.05) is 60.2 Å². The molecule has 0 unspecified atom stereocenters. The Hall–Kier alpha value is -2.17. The fourth-order valence-corrected chi connectivity index (χ4v) is 7.93. The molecule has 0 heterocycles. The van der Waals surface area contributed by atoms with Gasteiger partial charge >= 0.3 is 0 Å². The Bertz CT molecular complexity index is 765. The lowest BCUT2D eigenvalue weighted by atomic mass is 10.2. The number of allylic oxidation sites excluding steroid dienone is 2. The third-order valence-electron chi connectivity index (χ3n) is 5.50. The summed E-state index contributed by atoms with van der Waals surface area (Å²) in [6.07, 6.45) is 6.39. The first kappa shape index (κ1) is 17.3. The van der Waals surface area contributed by atoms with Gasteiger partial charge in [0.15, 0.2) is 0 Å². The molecule has 4 rings (SSSR count). The van der Waals surface area contributed by atoms with Gasteiger partial charge in [-0.25, -0.2) is 0 Å². The SMILES string of the molecule is C/C(=C/C[P+](c1ccccc1)(c1ccccc1)c1ccccc1)C1CC1. The van der Waals surface area contributed by atoms with Crippen LogP contribution in [0.2, 0.25) is 0 Å². The topological polar surface area (TPSA) is 0 Å². The van der Waals surface area contributed by atoms with E-state index in [4.69, 9.17) is 0 Å². The van der Waals surface area contributed by atoms with Crippen molar-refractivity contribution in [1.29, 1.82) is 0 Å². The highest BCUT2D eigenvalue weighted by atomic mass is 31.2. The molecule has 0 aliphatic heterocycles. The first-order valence-electron chi connectivity index (χ1n) is 9.52. The summed E-state index contributed by atoms with van der Waals surface area (Å²) in [6, 6.07) is 33.5. The van der Waals surface area contributed by atoms with Crippen LogP contribution in [0.4, 0.5) is 0 Å².